The number of anilines is 1. The van der Waals surface area contributed by atoms with E-state index in [9.17, 15) is 22.8 Å². The Morgan fingerprint density at radius 3 is 2.32 bits per heavy atom. The maximum atomic E-state index is 12.8. The molecule has 1 heterocycles. The maximum absolute atomic E-state index is 12.8. The first-order chi connectivity index (χ1) is 10.3. The molecule has 0 atom stereocenters. The van der Waals surface area contributed by atoms with E-state index in [0.717, 1.165) is 18.3 Å². The van der Waals surface area contributed by atoms with Gasteiger partial charge >= 0.3 is 6.18 Å². The maximum Gasteiger partial charge on any atom is 0.418 e. The van der Waals surface area contributed by atoms with Gasteiger partial charge in [-0.3, -0.25) is 14.6 Å². The Morgan fingerprint density at radius 2 is 1.77 bits per heavy atom. The highest BCUT2D eigenvalue weighted by molar-refractivity contribution is 6.04. The van der Waals surface area contributed by atoms with E-state index < -0.39 is 23.6 Å². The van der Waals surface area contributed by atoms with E-state index in [1.165, 1.54) is 24.3 Å². The summed E-state index contributed by atoms with van der Waals surface area (Å²) in [5.74, 6) is -1.55. The summed E-state index contributed by atoms with van der Waals surface area (Å²) in [4.78, 5) is 26.5. The number of alkyl halides is 3. The lowest BCUT2D eigenvalue weighted by Gasteiger charge is -2.13. The van der Waals surface area contributed by atoms with Crippen LogP contribution in [0, 0.1) is 0 Å². The van der Waals surface area contributed by atoms with Gasteiger partial charge in [0.25, 0.3) is 11.8 Å². The normalized spacial score (nSPS) is 11.0. The van der Waals surface area contributed by atoms with Crippen LogP contribution in [0.4, 0.5) is 18.9 Å². The van der Waals surface area contributed by atoms with Gasteiger partial charge in [0.1, 0.15) is 5.69 Å². The second-order valence-corrected chi connectivity index (χ2v) is 4.29. The van der Waals surface area contributed by atoms with Gasteiger partial charge in [-0.2, -0.15) is 13.2 Å². The number of halogens is 3. The minimum Gasteiger partial charge on any atom is -0.364 e. The second kappa shape index (κ2) is 5.84. The van der Waals surface area contributed by atoms with Gasteiger partial charge in [-0.15, -0.1) is 0 Å². The van der Waals surface area contributed by atoms with Gasteiger partial charge in [0.15, 0.2) is 0 Å². The third kappa shape index (κ3) is 3.40. The summed E-state index contributed by atoms with van der Waals surface area (Å²) in [5, 5.41) is 2.17. The van der Waals surface area contributed by atoms with Gasteiger partial charge in [0, 0.05) is 6.20 Å². The quantitative estimate of drug-likeness (QED) is 0.913. The highest BCUT2D eigenvalue weighted by Crippen LogP contribution is 2.34. The molecule has 3 N–H and O–H groups in total. The van der Waals surface area contributed by atoms with Gasteiger partial charge in [-0.05, 0) is 24.3 Å². The highest BCUT2D eigenvalue weighted by atomic mass is 19.4. The number of nitrogens with two attached hydrogens (primary N) is 1. The Bertz CT molecular complexity index is 712. The molecule has 2 aromatic rings. The number of hydrogen-bond donors (Lipinski definition) is 2. The molecule has 22 heavy (non-hydrogen) atoms. The van der Waals surface area contributed by atoms with Crippen molar-refractivity contribution in [3.63, 3.8) is 0 Å². The molecule has 0 aliphatic carbocycles. The predicted octanol–water partition coefficient (Wildman–Crippen LogP) is 2.45. The van der Waals surface area contributed by atoms with E-state index in [4.69, 9.17) is 5.73 Å². The van der Waals surface area contributed by atoms with E-state index in [-0.39, 0.29) is 16.9 Å². The van der Waals surface area contributed by atoms with E-state index in [1.807, 2.05) is 0 Å². The van der Waals surface area contributed by atoms with Crippen LogP contribution in [-0.4, -0.2) is 16.8 Å². The minimum atomic E-state index is -4.59. The molecule has 0 saturated carbocycles. The summed E-state index contributed by atoms with van der Waals surface area (Å²) in [6.45, 7) is 0. The molecule has 1 aromatic heterocycles. The van der Waals surface area contributed by atoms with Crippen molar-refractivity contribution in [2.24, 2.45) is 5.73 Å². The number of aromatic nitrogens is 1. The minimum absolute atomic E-state index is 0.00183. The van der Waals surface area contributed by atoms with Crippen LogP contribution in [-0.2, 0) is 6.18 Å². The lowest BCUT2D eigenvalue weighted by atomic mass is 10.1. The van der Waals surface area contributed by atoms with Crippen LogP contribution in [0.15, 0.2) is 42.6 Å². The number of pyridine rings is 1. The fourth-order valence-electron chi connectivity index (χ4n) is 1.71. The summed E-state index contributed by atoms with van der Waals surface area (Å²) in [6.07, 6.45) is -3.52. The molecule has 5 nitrogen and oxygen atoms in total. The van der Waals surface area contributed by atoms with E-state index in [2.05, 4.69) is 10.3 Å². The van der Waals surface area contributed by atoms with Gasteiger partial charge in [-0.25, -0.2) is 0 Å². The number of amides is 2. The van der Waals surface area contributed by atoms with Crippen LogP contribution >= 0.6 is 0 Å². The monoisotopic (exact) mass is 309 g/mol. The first kappa shape index (κ1) is 15.5. The summed E-state index contributed by atoms with van der Waals surface area (Å²) < 4.78 is 38.5. The van der Waals surface area contributed by atoms with Crippen LogP contribution in [0.1, 0.15) is 26.4 Å². The zero-order chi connectivity index (χ0) is 16.3. The molecule has 2 rings (SSSR count). The van der Waals surface area contributed by atoms with Crippen LogP contribution in [0.5, 0.6) is 0 Å². The lowest BCUT2D eigenvalue weighted by molar-refractivity contribution is -0.136. The standard InChI is InChI=1S/C14H10F3N3O2/c15-14(16,17)9-3-1-2-4-10(9)20-13(22)8-5-6-11(12(18)21)19-7-8/h1-7H,(H2,18,21)(H,20,22). The molecular formula is C14H10F3N3O2. The Morgan fingerprint density at radius 1 is 1.09 bits per heavy atom. The van der Waals surface area contributed by atoms with Crippen molar-refractivity contribution in [1.29, 1.82) is 0 Å². The molecular weight excluding hydrogens is 299 g/mol. The number of carbonyl (C=O) groups excluding carboxylic acids is 2. The van der Waals surface area contributed by atoms with E-state index >= 15 is 0 Å². The summed E-state index contributed by atoms with van der Waals surface area (Å²) in [6, 6.07) is 7.07. The smallest absolute Gasteiger partial charge is 0.364 e. The van der Waals surface area contributed by atoms with Crippen LogP contribution in [0.25, 0.3) is 0 Å². The van der Waals surface area contributed by atoms with Crippen molar-refractivity contribution in [2.75, 3.05) is 5.32 Å². The highest BCUT2D eigenvalue weighted by Gasteiger charge is 2.33. The third-order valence-corrected chi connectivity index (χ3v) is 2.76. The van der Waals surface area contributed by atoms with Crippen molar-refractivity contribution in [3.8, 4) is 0 Å². The molecule has 1 aromatic carbocycles. The lowest BCUT2D eigenvalue weighted by Crippen LogP contribution is -2.18. The van der Waals surface area contributed by atoms with Crippen LogP contribution in [0.2, 0.25) is 0 Å². The Balaban J connectivity index is 2.24. The van der Waals surface area contributed by atoms with Crippen LogP contribution < -0.4 is 11.1 Å². The van der Waals surface area contributed by atoms with E-state index in [0.29, 0.717) is 0 Å². The van der Waals surface area contributed by atoms with Gasteiger partial charge in [-0.1, -0.05) is 12.1 Å². The molecule has 2 amide bonds. The first-order valence-corrected chi connectivity index (χ1v) is 6.02. The molecule has 0 saturated heterocycles. The van der Waals surface area contributed by atoms with Gasteiger partial charge in [0.2, 0.25) is 0 Å². The number of carbonyl (C=O) groups is 2. The Kier molecular flexibility index (Phi) is 4.11. The molecule has 114 valence electrons. The van der Waals surface area contributed by atoms with Crippen molar-refractivity contribution < 1.29 is 22.8 Å². The fourth-order valence-corrected chi connectivity index (χ4v) is 1.71. The number of benzene rings is 1. The van der Waals surface area contributed by atoms with Gasteiger partial charge in [0.05, 0.1) is 16.8 Å². The number of nitrogens with one attached hydrogen (secondary N) is 1. The Hall–Kier alpha value is -2.90. The van der Waals surface area contributed by atoms with E-state index in [1.54, 1.807) is 0 Å². The SMILES string of the molecule is NC(=O)c1ccc(C(=O)Nc2ccccc2C(F)(F)F)cn1. The number of primary amides is 1. The first-order valence-electron chi connectivity index (χ1n) is 6.02. The summed E-state index contributed by atoms with van der Waals surface area (Å²) in [5.41, 5.74) is 3.64. The van der Waals surface area contributed by atoms with Gasteiger partial charge < -0.3 is 11.1 Å². The zero-order valence-electron chi connectivity index (χ0n) is 11.0. The molecule has 0 aliphatic heterocycles. The molecule has 8 heteroatoms. The molecule has 0 aliphatic rings. The van der Waals surface area contributed by atoms with Crippen LogP contribution in [0.3, 0.4) is 0 Å². The largest absolute Gasteiger partial charge is 0.418 e. The van der Waals surface area contributed by atoms with Crippen molar-refractivity contribution in [2.45, 2.75) is 6.18 Å². The topological polar surface area (TPSA) is 85.1 Å². The number of para-hydroxylation sites is 1. The average molecular weight is 309 g/mol. The zero-order valence-corrected chi connectivity index (χ0v) is 11.0. The molecule has 0 radical (unpaired) electrons. The molecule has 0 unspecified atom stereocenters. The third-order valence-electron chi connectivity index (χ3n) is 2.76. The fraction of sp³-hybridized carbons (Fsp3) is 0.0714. The van der Waals surface area contributed by atoms with Crippen molar-refractivity contribution in [3.05, 3.63) is 59.4 Å². The van der Waals surface area contributed by atoms with Crippen molar-refractivity contribution >= 4 is 17.5 Å². The molecule has 0 bridgehead atoms. The number of hydrogen-bond acceptors (Lipinski definition) is 3. The number of rotatable bonds is 3. The summed E-state index contributed by atoms with van der Waals surface area (Å²) >= 11 is 0. The molecule has 0 spiro atoms. The average Bonchev–Trinajstić information content (AvgIpc) is 2.46. The predicted molar refractivity (Wildman–Crippen MR) is 72.2 cm³/mol. The second-order valence-electron chi connectivity index (χ2n) is 4.29. The van der Waals surface area contributed by atoms with Crippen molar-refractivity contribution in [1.82, 2.24) is 4.98 Å². The summed E-state index contributed by atoms with van der Waals surface area (Å²) in [7, 11) is 0. The molecule has 0 fully saturated rings. The Labute approximate surface area is 123 Å². The number of nitrogens with zero attached hydrogens (tertiary/aromatic N) is 1.